The van der Waals surface area contributed by atoms with Gasteiger partial charge in [0.1, 0.15) is 5.75 Å². The van der Waals surface area contributed by atoms with Gasteiger partial charge in [0.25, 0.3) is 5.91 Å². The summed E-state index contributed by atoms with van der Waals surface area (Å²) in [5.74, 6) is 0.577. The van der Waals surface area contributed by atoms with E-state index < -0.39 is 10.0 Å². The predicted molar refractivity (Wildman–Crippen MR) is 122 cm³/mol. The number of ether oxygens (including phenoxy) is 1. The van der Waals surface area contributed by atoms with Gasteiger partial charge in [0.15, 0.2) is 0 Å². The van der Waals surface area contributed by atoms with Gasteiger partial charge >= 0.3 is 0 Å². The summed E-state index contributed by atoms with van der Waals surface area (Å²) in [5.41, 5.74) is 2.61. The number of carbonyl (C=O) groups is 1. The summed E-state index contributed by atoms with van der Waals surface area (Å²) in [5, 5.41) is 2.90. The molecule has 2 aromatic rings. The van der Waals surface area contributed by atoms with E-state index in [4.69, 9.17) is 4.74 Å². The standard InChI is InChI=1S/C24H32N2O4S/c1-18-9-14-23(30-3)20(17-18)15-16-25-24(27)19-10-12-22(13-11-19)31(28,29)26(2)21-7-5-4-6-8-21/h9-14,17,21H,4-8,15-16H2,1-3H3,(H,25,27). The van der Waals surface area contributed by atoms with Crippen molar-refractivity contribution in [2.45, 2.75) is 56.4 Å². The molecule has 1 N–H and O–H groups in total. The Balaban J connectivity index is 1.60. The maximum Gasteiger partial charge on any atom is 0.251 e. The van der Waals surface area contributed by atoms with E-state index in [1.807, 2.05) is 25.1 Å². The first kappa shape index (κ1) is 23.3. The van der Waals surface area contributed by atoms with Crippen LogP contribution in [0.25, 0.3) is 0 Å². The number of aryl methyl sites for hydroxylation is 1. The second kappa shape index (κ2) is 10.3. The topological polar surface area (TPSA) is 75.7 Å². The van der Waals surface area contributed by atoms with Gasteiger partial charge in [-0.3, -0.25) is 4.79 Å². The Morgan fingerprint density at radius 3 is 2.42 bits per heavy atom. The van der Waals surface area contributed by atoms with Gasteiger partial charge in [-0.05, 0) is 62.1 Å². The number of nitrogens with zero attached hydrogens (tertiary/aromatic N) is 1. The first-order valence-electron chi connectivity index (χ1n) is 10.8. The fraction of sp³-hybridized carbons (Fsp3) is 0.458. The summed E-state index contributed by atoms with van der Waals surface area (Å²) >= 11 is 0. The molecule has 1 aliphatic rings. The van der Waals surface area contributed by atoms with E-state index in [2.05, 4.69) is 5.32 Å². The van der Waals surface area contributed by atoms with Crippen molar-refractivity contribution in [3.8, 4) is 5.75 Å². The predicted octanol–water partition coefficient (Wildman–Crippen LogP) is 3.93. The van der Waals surface area contributed by atoms with E-state index in [1.54, 1.807) is 26.3 Å². The smallest absolute Gasteiger partial charge is 0.251 e. The summed E-state index contributed by atoms with van der Waals surface area (Å²) in [6, 6.07) is 12.2. The molecular weight excluding hydrogens is 412 g/mol. The molecule has 0 heterocycles. The fourth-order valence-electron chi connectivity index (χ4n) is 4.10. The average molecular weight is 445 g/mol. The molecule has 1 saturated carbocycles. The normalized spacial score (nSPS) is 15.1. The average Bonchev–Trinajstić information content (AvgIpc) is 2.79. The Hall–Kier alpha value is -2.38. The van der Waals surface area contributed by atoms with Crippen molar-refractivity contribution in [3.63, 3.8) is 0 Å². The van der Waals surface area contributed by atoms with Gasteiger partial charge in [-0.1, -0.05) is 37.0 Å². The second-order valence-electron chi connectivity index (χ2n) is 8.16. The van der Waals surface area contributed by atoms with Crippen LogP contribution in [0.1, 0.15) is 53.6 Å². The summed E-state index contributed by atoms with van der Waals surface area (Å²) in [7, 11) is -0.267. The number of methoxy groups -OCH3 is 1. The van der Waals surface area contributed by atoms with Gasteiger partial charge < -0.3 is 10.1 Å². The van der Waals surface area contributed by atoms with Crippen LogP contribution in [0.3, 0.4) is 0 Å². The Kier molecular flexibility index (Phi) is 7.73. The molecule has 2 aromatic carbocycles. The van der Waals surface area contributed by atoms with E-state index in [9.17, 15) is 13.2 Å². The second-order valence-corrected chi connectivity index (χ2v) is 10.2. The lowest BCUT2D eigenvalue weighted by Gasteiger charge is -2.30. The van der Waals surface area contributed by atoms with Crippen molar-refractivity contribution in [1.82, 2.24) is 9.62 Å². The molecule has 0 saturated heterocycles. The molecule has 1 amide bonds. The Morgan fingerprint density at radius 1 is 1.10 bits per heavy atom. The van der Waals surface area contributed by atoms with Gasteiger partial charge in [0, 0.05) is 25.2 Å². The van der Waals surface area contributed by atoms with Crippen LogP contribution in [-0.4, -0.2) is 45.4 Å². The van der Waals surface area contributed by atoms with Gasteiger partial charge in [-0.2, -0.15) is 4.31 Å². The van der Waals surface area contributed by atoms with Crippen molar-refractivity contribution in [3.05, 3.63) is 59.2 Å². The van der Waals surface area contributed by atoms with E-state index in [0.29, 0.717) is 18.5 Å². The summed E-state index contributed by atoms with van der Waals surface area (Å²) in [6.45, 7) is 2.48. The van der Waals surface area contributed by atoms with Gasteiger partial charge in [-0.15, -0.1) is 0 Å². The summed E-state index contributed by atoms with van der Waals surface area (Å²) in [6.07, 6.45) is 5.76. The number of benzene rings is 2. The van der Waals surface area contributed by atoms with E-state index in [1.165, 1.54) is 22.9 Å². The third-order valence-corrected chi connectivity index (χ3v) is 7.92. The van der Waals surface area contributed by atoms with Crippen LogP contribution in [0.15, 0.2) is 47.4 Å². The van der Waals surface area contributed by atoms with Gasteiger partial charge in [0.2, 0.25) is 10.0 Å². The lowest BCUT2D eigenvalue weighted by molar-refractivity contribution is 0.0954. The van der Waals surface area contributed by atoms with Gasteiger partial charge in [0.05, 0.1) is 12.0 Å². The van der Waals surface area contributed by atoms with Crippen LogP contribution in [-0.2, 0) is 16.4 Å². The van der Waals surface area contributed by atoms with E-state index in [0.717, 1.165) is 42.6 Å². The Morgan fingerprint density at radius 2 is 1.77 bits per heavy atom. The maximum absolute atomic E-state index is 12.9. The lowest BCUT2D eigenvalue weighted by atomic mass is 9.96. The monoisotopic (exact) mass is 444 g/mol. The van der Waals surface area contributed by atoms with Crippen molar-refractivity contribution in [1.29, 1.82) is 0 Å². The molecule has 6 nitrogen and oxygen atoms in total. The zero-order chi connectivity index (χ0) is 22.4. The van der Waals surface area contributed by atoms with Crippen LogP contribution in [0, 0.1) is 6.92 Å². The molecule has 0 bridgehead atoms. The molecule has 0 spiro atoms. The van der Waals surface area contributed by atoms with Crippen molar-refractivity contribution < 1.29 is 17.9 Å². The summed E-state index contributed by atoms with van der Waals surface area (Å²) < 4.78 is 32.8. The SMILES string of the molecule is COc1ccc(C)cc1CCNC(=O)c1ccc(S(=O)(=O)N(C)C2CCCCC2)cc1. The van der Waals surface area contributed by atoms with Crippen LogP contribution in [0.5, 0.6) is 5.75 Å². The van der Waals surface area contributed by atoms with E-state index in [-0.39, 0.29) is 16.8 Å². The molecule has 7 heteroatoms. The first-order valence-corrected chi connectivity index (χ1v) is 12.3. The van der Waals surface area contributed by atoms with Crippen molar-refractivity contribution in [2.75, 3.05) is 20.7 Å². The molecule has 0 atom stereocenters. The highest BCUT2D eigenvalue weighted by Crippen LogP contribution is 2.26. The minimum atomic E-state index is -3.56. The molecule has 1 aliphatic carbocycles. The fourth-order valence-corrected chi connectivity index (χ4v) is 5.52. The first-order chi connectivity index (χ1) is 14.8. The highest BCUT2D eigenvalue weighted by atomic mass is 32.2. The molecule has 0 unspecified atom stereocenters. The minimum Gasteiger partial charge on any atom is -0.496 e. The summed E-state index contributed by atoms with van der Waals surface area (Å²) in [4.78, 5) is 12.7. The number of rotatable bonds is 8. The number of nitrogens with one attached hydrogen (secondary N) is 1. The number of carbonyl (C=O) groups excluding carboxylic acids is 1. The lowest BCUT2D eigenvalue weighted by Crippen LogP contribution is -2.38. The quantitative estimate of drug-likeness (QED) is 0.669. The molecule has 0 aromatic heterocycles. The van der Waals surface area contributed by atoms with Crippen LogP contribution < -0.4 is 10.1 Å². The molecule has 168 valence electrons. The number of amides is 1. The molecule has 31 heavy (non-hydrogen) atoms. The zero-order valence-electron chi connectivity index (χ0n) is 18.6. The Bertz CT molecular complexity index is 997. The van der Waals surface area contributed by atoms with Crippen molar-refractivity contribution >= 4 is 15.9 Å². The van der Waals surface area contributed by atoms with Crippen LogP contribution in [0.2, 0.25) is 0 Å². The third kappa shape index (κ3) is 5.66. The van der Waals surface area contributed by atoms with Crippen LogP contribution in [0.4, 0.5) is 0 Å². The molecule has 0 radical (unpaired) electrons. The zero-order valence-corrected chi connectivity index (χ0v) is 19.4. The molecule has 3 rings (SSSR count). The van der Waals surface area contributed by atoms with Crippen molar-refractivity contribution in [2.24, 2.45) is 0 Å². The Labute approximate surface area is 185 Å². The van der Waals surface area contributed by atoms with Crippen LogP contribution >= 0.6 is 0 Å². The third-order valence-electron chi connectivity index (χ3n) is 6.00. The molecule has 1 fully saturated rings. The van der Waals surface area contributed by atoms with Gasteiger partial charge in [-0.25, -0.2) is 8.42 Å². The van der Waals surface area contributed by atoms with E-state index >= 15 is 0 Å². The highest BCUT2D eigenvalue weighted by Gasteiger charge is 2.29. The number of sulfonamides is 1. The number of hydrogen-bond acceptors (Lipinski definition) is 4. The maximum atomic E-state index is 12.9. The number of hydrogen-bond donors (Lipinski definition) is 1. The molecular formula is C24H32N2O4S. The highest BCUT2D eigenvalue weighted by molar-refractivity contribution is 7.89. The largest absolute Gasteiger partial charge is 0.496 e. The minimum absolute atomic E-state index is 0.0559. The molecule has 0 aliphatic heterocycles.